The van der Waals surface area contributed by atoms with Crippen LogP contribution in [0, 0.1) is 0 Å². The van der Waals surface area contributed by atoms with Gasteiger partial charge in [-0.05, 0) is 37.6 Å². The lowest BCUT2D eigenvalue weighted by Gasteiger charge is -2.33. The minimum atomic E-state index is -0.237. The standard InChI is InChI=1S/C21H26N6O3/c1-2-22-21(29)23-16-5-3-15(4-6-16)19-24-18-13-26(14-28)8-7-17(18)20(25-19)27-9-11-30-12-10-27/h3-6,14H,2,7-13H2,1H3,(H2,22,23,29). The van der Waals surface area contributed by atoms with Gasteiger partial charge in [0.05, 0.1) is 25.5 Å². The van der Waals surface area contributed by atoms with Gasteiger partial charge in [0, 0.05) is 43.0 Å². The van der Waals surface area contributed by atoms with E-state index in [2.05, 4.69) is 15.5 Å². The number of hydrogen-bond donors (Lipinski definition) is 2. The highest BCUT2D eigenvalue weighted by molar-refractivity contribution is 5.89. The molecular formula is C21H26N6O3. The Morgan fingerprint density at radius 1 is 1.17 bits per heavy atom. The van der Waals surface area contributed by atoms with E-state index in [-0.39, 0.29) is 6.03 Å². The molecule has 0 aliphatic carbocycles. The summed E-state index contributed by atoms with van der Waals surface area (Å²) in [6.07, 6.45) is 1.62. The van der Waals surface area contributed by atoms with Crippen LogP contribution in [0.3, 0.4) is 0 Å². The number of nitrogens with one attached hydrogen (secondary N) is 2. The fraction of sp³-hybridized carbons (Fsp3) is 0.429. The van der Waals surface area contributed by atoms with E-state index in [4.69, 9.17) is 14.7 Å². The lowest BCUT2D eigenvalue weighted by atomic mass is 10.0. The molecule has 0 radical (unpaired) electrons. The van der Waals surface area contributed by atoms with Gasteiger partial charge in [-0.2, -0.15) is 0 Å². The Balaban J connectivity index is 1.65. The second-order valence-corrected chi connectivity index (χ2v) is 7.28. The number of anilines is 2. The molecule has 30 heavy (non-hydrogen) atoms. The van der Waals surface area contributed by atoms with Crippen LogP contribution >= 0.6 is 0 Å². The second kappa shape index (κ2) is 9.08. The zero-order valence-electron chi connectivity index (χ0n) is 17.1. The average molecular weight is 410 g/mol. The molecule has 3 amide bonds. The monoisotopic (exact) mass is 410 g/mol. The van der Waals surface area contributed by atoms with Crippen molar-refractivity contribution in [3.05, 3.63) is 35.5 Å². The maximum absolute atomic E-state index is 11.7. The van der Waals surface area contributed by atoms with Gasteiger partial charge in [0.25, 0.3) is 0 Å². The summed E-state index contributed by atoms with van der Waals surface area (Å²) in [6, 6.07) is 7.22. The van der Waals surface area contributed by atoms with Gasteiger partial charge in [-0.15, -0.1) is 0 Å². The predicted octanol–water partition coefficient (Wildman–Crippen LogP) is 1.64. The van der Waals surface area contributed by atoms with Crippen molar-refractivity contribution in [2.75, 3.05) is 49.6 Å². The smallest absolute Gasteiger partial charge is 0.319 e. The molecule has 0 atom stereocenters. The summed E-state index contributed by atoms with van der Waals surface area (Å²) in [4.78, 5) is 36.7. The van der Waals surface area contributed by atoms with E-state index in [1.54, 1.807) is 4.90 Å². The van der Waals surface area contributed by atoms with E-state index in [0.717, 1.165) is 48.6 Å². The molecule has 2 aliphatic rings. The molecule has 1 saturated heterocycles. The summed E-state index contributed by atoms with van der Waals surface area (Å²) >= 11 is 0. The number of ether oxygens (including phenoxy) is 1. The third kappa shape index (κ3) is 4.35. The van der Waals surface area contributed by atoms with E-state index < -0.39 is 0 Å². The molecule has 1 fully saturated rings. The Hall–Kier alpha value is -3.20. The maximum Gasteiger partial charge on any atom is 0.319 e. The highest BCUT2D eigenvalue weighted by Crippen LogP contribution is 2.30. The first-order chi connectivity index (χ1) is 14.7. The molecule has 2 aromatic rings. The lowest BCUT2D eigenvalue weighted by Crippen LogP contribution is -2.39. The third-order valence-electron chi connectivity index (χ3n) is 5.27. The van der Waals surface area contributed by atoms with E-state index in [0.29, 0.717) is 44.4 Å². The van der Waals surface area contributed by atoms with Crippen LogP contribution in [0.2, 0.25) is 0 Å². The van der Waals surface area contributed by atoms with Crippen LogP contribution < -0.4 is 15.5 Å². The van der Waals surface area contributed by atoms with Crippen LogP contribution in [-0.2, 0) is 22.5 Å². The van der Waals surface area contributed by atoms with Gasteiger partial charge in [0.1, 0.15) is 5.82 Å². The number of urea groups is 1. The lowest BCUT2D eigenvalue weighted by molar-refractivity contribution is -0.119. The van der Waals surface area contributed by atoms with Gasteiger partial charge >= 0.3 is 6.03 Å². The first kappa shape index (κ1) is 20.1. The Morgan fingerprint density at radius 2 is 1.93 bits per heavy atom. The molecule has 9 nitrogen and oxygen atoms in total. The SMILES string of the molecule is CCNC(=O)Nc1ccc(-c2nc3c(c(N4CCOCC4)n2)CCN(C=O)C3)cc1. The number of morpholine rings is 1. The van der Waals surface area contributed by atoms with Gasteiger partial charge in [-0.25, -0.2) is 14.8 Å². The third-order valence-corrected chi connectivity index (χ3v) is 5.27. The molecule has 2 aliphatic heterocycles. The van der Waals surface area contributed by atoms with Crippen LogP contribution in [0.5, 0.6) is 0 Å². The average Bonchev–Trinajstić information content (AvgIpc) is 2.79. The van der Waals surface area contributed by atoms with Crippen molar-refractivity contribution in [1.29, 1.82) is 0 Å². The highest BCUT2D eigenvalue weighted by Gasteiger charge is 2.25. The molecule has 1 aromatic heterocycles. The van der Waals surface area contributed by atoms with Crippen molar-refractivity contribution < 1.29 is 14.3 Å². The number of aromatic nitrogens is 2. The molecule has 9 heteroatoms. The van der Waals surface area contributed by atoms with Crippen LogP contribution in [0.1, 0.15) is 18.2 Å². The molecule has 3 heterocycles. The van der Waals surface area contributed by atoms with E-state index in [1.165, 1.54) is 0 Å². The normalized spacial score (nSPS) is 16.0. The largest absolute Gasteiger partial charge is 0.378 e. The van der Waals surface area contributed by atoms with E-state index in [9.17, 15) is 9.59 Å². The van der Waals surface area contributed by atoms with Crippen LogP contribution in [0.15, 0.2) is 24.3 Å². The van der Waals surface area contributed by atoms with Crippen molar-refractivity contribution in [1.82, 2.24) is 20.2 Å². The highest BCUT2D eigenvalue weighted by atomic mass is 16.5. The first-order valence-electron chi connectivity index (χ1n) is 10.2. The molecule has 1 aromatic carbocycles. The number of amides is 3. The summed E-state index contributed by atoms with van der Waals surface area (Å²) in [5.41, 5.74) is 3.57. The zero-order valence-corrected chi connectivity index (χ0v) is 17.1. The van der Waals surface area contributed by atoms with Gasteiger partial charge in [-0.1, -0.05) is 0 Å². The number of benzene rings is 1. The summed E-state index contributed by atoms with van der Waals surface area (Å²) in [5, 5.41) is 5.49. The quantitative estimate of drug-likeness (QED) is 0.727. The van der Waals surface area contributed by atoms with Crippen LogP contribution in [-0.4, -0.2) is 66.7 Å². The van der Waals surface area contributed by atoms with Crippen molar-refractivity contribution >= 4 is 23.9 Å². The summed E-state index contributed by atoms with van der Waals surface area (Å²) in [6.45, 7) is 6.52. The number of hydrogen-bond acceptors (Lipinski definition) is 6. The molecule has 0 bridgehead atoms. The summed E-state index contributed by atoms with van der Waals surface area (Å²) < 4.78 is 5.50. The molecule has 0 saturated carbocycles. The van der Waals surface area contributed by atoms with Gasteiger partial charge in [0.15, 0.2) is 5.82 Å². The Labute approximate surface area is 175 Å². The minimum Gasteiger partial charge on any atom is -0.378 e. The maximum atomic E-state index is 11.7. The summed E-state index contributed by atoms with van der Waals surface area (Å²) in [5.74, 6) is 1.56. The van der Waals surface area contributed by atoms with Crippen molar-refractivity contribution in [3.63, 3.8) is 0 Å². The minimum absolute atomic E-state index is 0.237. The number of carbonyl (C=O) groups excluding carboxylic acids is 2. The van der Waals surface area contributed by atoms with Gasteiger partial charge < -0.3 is 25.2 Å². The molecule has 158 valence electrons. The fourth-order valence-corrected chi connectivity index (χ4v) is 3.73. The van der Waals surface area contributed by atoms with Crippen LogP contribution in [0.4, 0.5) is 16.3 Å². The first-order valence-corrected chi connectivity index (χ1v) is 10.2. The van der Waals surface area contributed by atoms with Gasteiger partial charge in [0.2, 0.25) is 6.41 Å². The number of carbonyl (C=O) groups is 2. The molecule has 0 spiro atoms. The number of fused-ring (bicyclic) bond motifs is 1. The summed E-state index contributed by atoms with van der Waals surface area (Å²) in [7, 11) is 0. The number of rotatable bonds is 5. The molecule has 0 unspecified atom stereocenters. The van der Waals surface area contributed by atoms with E-state index in [1.807, 2.05) is 31.2 Å². The van der Waals surface area contributed by atoms with Gasteiger partial charge in [-0.3, -0.25) is 4.79 Å². The fourth-order valence-electron chi connectivity index (χ4n) is 3.73. The molecule has 2 N–H and O–H groups in total. The zero-order chi connectivity index (χ0) is 20.9. The van der Waals surface area contributed by atoms with E-state index >= 15 is 0 Å². The second-order valence-electron chi connectivity index (χ2n) is 7.28. The predicted molar refractivity (Wildman–Crippen MR) is 113 cm³/mol. The topological polar surface area (TPSA) is 99.7 Å². The van der Waals surface area contributed by atoms with Crippen molar-refractivity contribution in [2.24, 2.45) is 0 Å². The number of nitrogens with zero attached hydrogens (tertiary/aromatic N) is 4. The Bertz CT molecular complexity index is 912. The van der Waals surface area contributed by atoms with Crippen LogP contribution in [0.25, 0.3) is 11.4 Å². The van der Waals surface area contributed by atoms with Crippen molar-refractivity contribution in [2.45, 2.75) is 19.9 Å². The Kier molecular flexibility index (Phi) is 6.08. The van der Waals surface area contributed by atoms with Crippen molar-refractivity contribution in [3.8, 4) is 11.4 Å². The molecular weight excluding hydrogens is 384 g/mol. The molecule has 4 rings (SSSR count). The Morgan fingerprint density at radius 3 is 2.63 bits per heavy atom.